The molecule has 0 spiro atoms. The van der Waals surface area contributed by atoms with Gasteiger partial charge in [0.2, 0.25) is 17.7 Å². The number of anilines is 1. The number of para-hydroxylation sites is 1. The molecular formula is C23H17Cl2N3O2. The number of aromatic nitrogens is 2. The Labute approximate surface area is 183 Å². The van der Waals surface area contributed by atoms with Crippen LogP contribution in [0.15, 0.2) is 77.2 Å². The molecule has 4 rings (SSSR count). The van der Waals surface area contributed by atoms with E-state index in [-0.39, 0.29) is 5.91 Å². The van der Waals surface area contributed by atoms with Gasteiger partial charge in [-0.1, -0.05) is 65.7 Å². The molecular weight excluding hydrogens is 421 g/mol. The van der Waals surface area contributed by atoms with E-state index in [0.29, 0.717) is 51.5 Å². The summed E-state index contributed by atoms with van der Waals surface area (Å²) in [4.78, 5) is 12.5. The van der Waals surface area contributed by atoms with E-state index in [4.69, 9.17) is 27.6 Å². The minimum atomic E-state index is -0.0875. The van der Waals surface area contributed by atoms with Crippen LogP contribution in [0, 0.1) is 0 Å². The number of benzene rings is 3. The molecule has 7 heteroatoms. The van der Waals surface area contributed by atoms with E-state index in [1.165, 1.54) is 0 Å². The summed E-state index contributed by atoms with van der Waals surface area (Å²) in [6, 6.07) is 22.3. The summed E-state index contributed by atoms with van der Waals surface area (Å²) in [6.45, 7) is 0. The Bertz CT molecular complexity index is 1180. The van der Waals surface area contributed by atoms with Crippen LogP contribution in [0.2, 0.25) is 10.0 Å². The molecule has 1 heterocycles. The summed E-state index contributed by atoms with van der Waals surface area (Å²) in [5.74, 6) is 0.527. The molecule has 0 aliphatic rings. The maximum Gasteiger partial charge on any atom is 0.250 e. The van der Waals surface area contributed by atoms with Crippen LogP contribution in [0.3, 0.4) is 0 Å². The predicted molar refractivity (Wildman–Crippen MR) is 119 cm³/mol. The SMILES string of the molecule is O=C(CCc1ccccc1)Nc1ccccc1-c1nnc(-c2ccc(Cl)c(Cl)c2)o1. The first-order valence-corrected chi connectivity index (χ1v) is 10.1. The second kappa shape index (κ2) is 9.11. The van der Waals surface area contributed by atoms with Crippen molar-refractivity contribution in [2.75, 3.05) is 5.32 Å². The fraction of sp³-hybridized carbons (Fsp3) is 0.0870. The molecule has 4 aromatic rings. The molecule has 150 valence electrons. The van der Waals surface area contributed by atoms with Gasteiger partial charge >= 0.3 is 0 Å². The first-order valence-electron chi connectivity index (χ1n) is 9.32. The topological polar surface area (TPSA) is 68.0 Å². The number of nitrogens with zero attached hydrogens (tertiary/aromatic N) is 2. The highest BCUT2D eigenvalue weighted by Crippen LogP contribution is 2.32. The first-order chi connectivity index (χ1) is 14.6. The normalized spacial score (nSPS) is 10.7. The molecule has 5 nitrogen and oxygen atoms in total. The molecule has 0 atom stereocenters. The van der Waals surface area contributed by atoms with Gasteiger partial charge in [-0.3, -0.25) is 4.79 Å². The molecule has 1 aromatic heterocycles. The molecule has 0 aliphatic heterocycles. The van der Waals surface area contributed by atoms with E-state index >= 15 is 0 Å². The second-order valence-corrected chi connectivity index (χ2v) is 7.44. The molecule has 3 aromatic carbocycles. The quantitative estimate of drug-likeness (QED) is 0.385. The van der Waals surface area contributed by atoms with Crippen LogP contribution in [0.25, 0.3) is 22.9 Å². The largest absolute Gasteiger partial charge is 0.416 e. The summed E-state index contributed by atoms with van der Waals surface area (Å²) in [5.41, 5.74) is 3.03. The molecule has 0 saturated heterocycles. The fourth-order valence-electron chi connectivity index (χ4n) is 2.97. The Morgan fingerprint density at radius 1 is 0.867 bits per heavy atom. The van der Waals surface area contributed by atoms with Crippen LogP contribution in [-0.2, 0) is 11.2 Å². The van der Waals surface area contributed by atoms with E-state index in [0.717, 1.165) is 5.56 Å². The van der Waals surface area contributed by atoms with Crippen molar-refractivity contribution in [3.05, 3.63) is 88.4 Å². The fourth-order valence-corrected chi connectivity index (χ4v) is 3.27. The summed E-state index contributed by atoms with van der Waals surface area (Å²) >= 11 is 12.0. The van der Waals surface area contributed by atoms with E-state index < -0.39 is 0 Å². The molecule has 0 radical (unpaired) electrons. The van der Waals surface area contributed by atoms with Crippen LogP contribution >= 0.6 is 23.2 Å². The molecule has 0 unspecified atom stereocenters. The van der Waals surface area contributed by atoms with Crippen molar-refractivity contribution in [2.24, 2.45) is 0 Å². The van der Waals surface area contributed by atoms with Gasteiger partial charge in [-0.05, 0) is 42.3 Å². The third kappa shape index (κ3) is 4.70. The van der Waals surface area contributed by atoms with E-state index in [1.807, 2.05) is 48.5 Å². The third-order valence-corrected chi connectivity index (χ3v) is 5.25. The van der Waals surface area contributed by atoms with Crippen LogP contribution in [0.4, 0.5) is 5.69 Å². The number of nitrogens with one attached hydrogen (secondary N) is 1. The Kier molecular flexibility index (Phi) is 6.12. The van der Waals surface area contributed by atoms with Gasteiger partial charge in [0.1, 0.15) is 0 Å². The van der Waals surface area contributed by atoms with Crippen molar-refractivity contribution in [3.8, 4) is 22.9 Å². The van der Waals surface area contributed by atoms with Crippen molar-refractivity contribution in [1.29, 1.82) is 0 Å². The lowest BCUT2D eigenvalue weighted by atomic mass is 10.1. The van der Waals surface area contributed by atoms with Gasteiger partial charge in [-0.15, -0.1) is 10.2 Å². The number of rotatable bonds is 6. The van der Waals surface area contributed by atoms with E-state index in [2.05, 4.69) is 15.5 Å². The molecule has 0 aliphatic carbocycles. The Morgan fingerprint density at radius 2 is 1.60 bits per heavy atom. The maximum absolute atomic E-state index is 12.5. The zero-order valence-electron chi connectivity index (χ0n) is 15.8. The van der Waals surface area contributed by atoms with Gasteiger partial charge < -0.3 is 9.73 Å². The first kappa shape index (κ1) is 20.1. The predicted octanol–water partition coefficient (Wildman–Crippen LogP) is 6.28. The standard InChI is InChI=1S/C23H17Cl2N3O2/c24-18-12-11-16(14-19(18)25)22-27-28-23(30-22)17-8-4-5-9-20(17)26-21(29)13-10-15-6-2-1-3-7-15/h1-9,11-12,14H,10,13H2,(H,26,29). The maximum atomic E-state index is 12.5. The van der Waals surface area contributed by atoms with Crippen molar-refractivity contribution < 1.29 is 9.21 Å². The zero-order chi connectivity index (χ0) is 20.9. The Hall–Kier alpha value is -3.15. The van der Waals surface area contributed by atoms with E-state index in [9.17, 15) is 4.79 Å². The van der Waals surface area contributed by atoms with Crippen molar-refractivity contribution in [2.45, 2.75) is 12.8 Å². The highest BCUT2D eigenvalue weighted by atomic mass is 35.5. The summed E-state index contributed by atoms with van der Waals surface area (Å²) in [5, 5.41) is 12.0. The van der Waals surface area contributed by atoms with Gasteiger partial charge in [-0.25, -0.2) is 0 Å². The number of hydrogen-bond donors (Lipinski definition) is 1. The summed E-state index contributed by atoms with van der Waals surface area (Å²) in [6.07, 6.45) is 1.04. The molecule has 1 amide bonds. The summed E-state index contributed by atoms with van der Waals surface area (Å²) in [7, 11) is 0. The zero-order valence-corrected chi connectivity index (χ0v) is 17.3. The van der Waals surface area contributed by atoms with Crippen LogP contribution in [-0.4, -0.2) is 16.1 Å². The average Bonchev–Trinajstić information content (AvgIpc) is 3.25. The van der Waals surface area contributed by atoms with Crippen LogP contribution in [0.5, 0.6) is 0 Å². The highest BCUT2D eigenvalue weighted by Gasteiger charge is 2.16. The van der Waals surface area contributed by atoms with Gasteiger partial charge in [0, 0.05) is 12.0 Å². The van der Waals surface area contributed by atoms with Gasteiger partial charge in [0.15, 0.2) is 0 Å². The lowest BCUT2D eigenvalue weighted by Crippen LogP contribution is -2.13. The molecule has 30 heavy (non-hydrogen) atoms. The Morgan fingerprint density at radius 3 is 2.40 bits per heavy atom. The molecule has 0 fully saturated rings. The number of halogens is 2. The summed E-state index contributed by atoms with van der Waals surface area (Å²) < 4.78 is 5.83. The highest BCUT2D eigenvalue weighted by molar-refractivity contribution is 6.42. The minimum Gasteiger partial charge on any atom is -0.416 e. The van der Waals surface area contributed by atoms with Crippen LogP contribution in [0.1, 0.15) is 12.0 Å². The number of carbonyl (C=O) groups is 1. The van der Waals surface area contributed by atoms with Crippen molar-refractivity contribution in [1.82, 2.24) is 10.2 Å². The second-order valence-electron chi connectivity index (χ2n) is 6.62. The lowest BCUT2D eigenvalue weighted by molar-refractivity contribution is -0.116. The van der Waals surface area contributed by atoms with Crippen LogP contribution < -0.4 is 5.32 Å². The van der Waals surface area contributed by atoms with Gasteiger partial charge in [0.25, 0.3) is 0 Å². The molecule has 1 N–H and O–H groups in total. The monoisotopic (exact) mass is 437 g/mol. The minimum absolute atomic E-state index is 0.0875. The van der Waals surface area contributed by atoms with Crippen molar-refractivity contribution >= 4 is 34.8 Å². The van der Waals surface area contributed by atoms with E-state index in [1.54, 1.807) is 24.3 Å². The molecule has 0 saturated carbocycles. The molecule has 0 bridgehead atoms. The number of amides is 1. The lowest BCUT2D eigenvalue weighted by Gasteiger charge is -2.08. The third-order valence-electron chi connectivity index (χ3n) is 4.51. The van der Waals surface area contributed by atoms with Gasteiger partial charge in [-0.2, -0.15) is 0 Å². The number of carbonyl (C=O) groups excluding carboxylic acids is 1. The Balaban J connectivity index is 1.51. The smallest absolute Gasteiger partial charge is 0.250 e. The number of aryl methyl sites for hydroxylation is 1. The van der Waals surface area contributed by atoms with Crippen molar-refractivity contribution in [3.63, 3.8) is 0 Å². The number of hydrogen-bond acceptors (Lipinski definition) is 4. The van der Waals surface area contributed by atoms with Gasteiger partial charge in [0.05, 0.1) is 21.3 Å². The average molecular weight is 438 g/mol.